The van der Waals surface area contributed by atoms with Crippen LogP contribution in [0, 0.1) is 5.41 Å². The third kappa shape index (κ3) is 4.03. The van der Waals surface area contributed by atoms with Gasteiger partial charge < -0.3 is 5.32 Å². The van der Waals surface area contributed by atoms with Gasteiger partial charge in [0.1, 0.15) is 0 Å². The summed E-state index contributed by atoms with van der Waals surface area (Å²) in [7, 11) is 0. The van der Waals surface area contributed by atoms with Gasteiger partial charge in [0, 0.05) is 18.3 Å². The Kier molecular flexibility index (Phi) is 3.65. The van der Waals surface area contributed by atoms with E-state index in [2.05, 4.69) is 38.0 Å². The highest BCUT2D eigenvalue weighted by atomic mass is 32.2. The van der Waals surface area contributed by atoms with E-state index in [1.54, 1.807) is 0 Å². The normalized spacial score (nSPS) is 26.5. The highest BCUT2D eigenvalue weighted by Crippen LogP contribution is 2.18. The Labute approximate surface area is 85.6 Å². The van der Waals surface area contributed by atoms with E-state index in [4.69, 9.17) is 0 Å². The summed E-state index contributed by atoms with van der Waals surface area (Å²) < 4.78 is 0. The van der Waals surface area contributed by atoms with Gasteiger partial charge in [0.25, 0.3) is 0 Å². The van der Waals surface area contributed by atoms with Gasteiger partial charge in [-0.3, -0.25) is 4.99 Å². The number of nitrogens with zero attached hydrogens (tertiary/aromatic N) is 1. The van der Waals surface area contributed by atoms with Crippen molar-refractivity contribution in [1.82, 2.24) is 5.32 Å². The van der Waals surface area contributed by atoms with E-state index in [-0.39, 0.29) is 0 Å². The van der Waals surface area contributed by atoms with Crippen molar-refractivity contribution in [1.29, 1.82) is 0 Å². The van der Waals surface area contributed by atoms with Crippen LogP contribution in [-0.4, -0.2) is 23.5 Å². The summed E-state index contributed by atoms with van der Waals surface area (Å²) in [5.74, 6) is 1.18. The fraction of sp³-hybridized carbons (Fsp3) is 0.900. The smallest absolute Gasteiger partial charge is 0.156 e. The summed E-state index contributed by atoms with van der Waals surface area (Å²) in [6, 6.07) is 0.642. The first kappa shape index (κ1) is 10.9. The molecule has 0 saturated carbocycles. The third-order valence-corrected chi connectivity index (χ3v) is 3.03. The molecule has 13 heavy (non-hydrogen) atoms. The Morgan fingerprint density at radius 2 is 2.23 bits per heavy atom. The van der Waals surface area contributed by atoms with Crippen molar-refractivity contribution in [3.05, 3.63) is 0 Å². The SMILES string of the molecule is CCC1CSC(=NCC(C)(C)C)N1. The van der Waals surface area contributed by atoms with Gasteiger partial charge in [0.2, 0.25) is 0 Å². The van der Waals surface area contributed by atoms with E-state index < -0.39 is 0 Å². The second kappa shape index (κ2) is 4.36. The lowest BCUT2D eigenvalue weighted by Crippen LogP contribution is -2.26. The summed E-state index contributed by atoms with van der Waals surface area (Å²) in [6.07, 6.45) is 1.20. The van der Waals surface area contributed by atoms with Crippen molar-refractivity contribution in [2.45, 2.75) is 40.2 Å². The Balaban J connectivity index is 2.37. The summed E-state index contributed by atoms with van der Waals surface area (Å²) in [5, 5.41) is 4.57. The zero-order valence-corrected chi connectivity index (χ0v) is 9.87. The van der Waals surface area contributed by atoms with E-state index in [1.165, 1.54) is 12.2 Å². The number of hydrogen-bond acceptors (Lipinski definition) is 2. The van der Waals surface area contributed by atoms with Crippen LogP contribution in [0.2, 0.25) is 0 Å². The molecule has 0 radical (unpaired) electrons. The topological polar surface area (TPSA) is 24.4 Å². The van der Waals surface area contributed by atoms with Crippen LogP contribution in [-0.2, 0) is 0 Å². The Morgan fingerprint density at radius 1 is 1.54 bits per heavy atom. The van der Waals surface area contributed by atoms with Crippen LogP contribution in [0.25, 0.3) is 0 Å². The fourth-order valence-electron chi connectivity index (χ4n) is 1.06. The predicted molar refractivity (Wildman–Crippen MR) is 61.4 cm³/mol. The van der Waals surface area contributed by atoms with Crippen LogP contribution < -0.4 is 5.32 Å². The highest BCUT2D eigenvalue weighted by molar-refractivity contribution is 8.14. The maximum Gasteiger partial charge on any atom is 0.156 e. The fourth-order valence-corrected chi connectivity index (χ4v) is 2.14. The second-order valence-corrected chi connectivity index (χ2v) is 5.75. The second-order valence-electron chi connectivity index (χ2n) is 4.74. The van der Waals surface area contributed by atoms with E-state index in [9.17, 15) is 0 Å². The lowest BCUT2D eigenvalue weighted by Gasteiger charge is -2.14. The monoisotopic (exact) mass is 200 g/mol. The number of amidine groups is 1. The highest BCUT2D eigenvalue weighted by Gasteiger charge is 2.18. The molecular weight excluding hydrogens is 180 g/mol. The molecule has 0 amide bonds. The van der Waals surface area contributed by atoms with Crippen molar-refractivity contribution >= 4 is 16.9 Å². The minimum Gasteiger partial charge on any atom is -0.361 e. The zero-order chi connectivity index (χ0) is 9.90. The molecule has 1 atom stereocenters. The largest absolute Gasteiger partial charge is 0.361 e. The van der Waals surface area contributed by atoms with Gasteiger partial charge in [-0.05, 0) is 11.8 Å². The molecule has 1 aliphatic heterocycles. The number of aliphatic imine (C=N–C) groups is 1. The van der Waals surface area contributed by atoms with Gasteiger partial charge in [-0.2, -0.15) is 0 Å². The van der Waals surface area contributed by atoms with Gasteiger partial charge in [0.05, 0.1) is 0 Å². The maximum absolute atomic E-state index is 4.56. The van der Waals surface area contributed by atoms with Gasteiger partial charge >= 0.3 is 0 Å². The van der Waals surface area contributed by atoms with Crippen molar-refractivity contribution in [3.63, 3.8) is 0 Å². The minimum atomic E-state index is 0.305. The molecule has 0 aromatic heterocycles. The lowest BCUT2D eigenvalue weighted by atomic mass is 9.97. The number of rotatable bonds is 2. The molecule has 0 bridgehead atoms. The molecule has 3 heteroatoms. The van der Waals surface area contributed by atoms with E-state index >= 15 is 0 Å². The van der Waals surface area contributed by atoms with Crippen molar-refractivity contribution < 1.29 is 0 Å². The molecule has 1 fully saturated rings. The van der Waals surface area contributed by atoms with Gasteiger partial charge in [-0.15, -0.1) is 0 Å². The quantitative estimate of drug-likeness (QED) is 0.740. The molecule has 1 saturated heterocycles. The number of hydrogen-bond donors (Lipinski definition) is 1. The van der Waals surface area contributed by atoms with E-state index in [1.807, 2.05) is 11.8 Å². The van der Waals surface area contributed by atoms with E-state index in [0.29, 0.717) is 11.5 Å². The Hall–Kier alpha value is -0.180. The van der Waals surface area contributed by atoms with Crippen LogP contribution >= 0.6 is 11.8 Å². The Bertz CT molecular complexity index is 194. The minimum absolute atomic E-state index is 0.305. The number of nitrogens with one attached hydrogen (secondary N) is 1. The zero-order valence-electron chi connectivity index (χ0n) is 9.05. The molecule has 76 valence electrons. The molecule has 2 nitrogen and oxygen atoms in total. The molecular formula is C10H20N2S. The standard InChI is InChI=1S/C10H20N2S/c1-5-8-6-13-9(12-8)11-7-10(2,3)4/h8H,5-7H2,1-4H3,(H,11,12). The lowest BCUT2D eigenvalue weighted by molar-refractivity contribution is 0.429. The van der Waals surface area contributed by atoms with Crippen molar-refractivity contribution in [3.8, 4) is 0 Å². The summed E-state index contributed by atoms with van der Waals surface area (Å²) in [5.41, 5.74) is 0.305. The van der Waals surface area contributed by atoms with Crippen LogP contribution in [0.15, 0.2) is 4.99 Å². The molecule has 1 aliphatic rings. The molecule has 1 unspecified atom stereocenters. The van der Waals surface area contributed by atoms with Crippen LogP contribution in [0.1, 0.15) is 34.1 Å². The van der Waals surface area contributed by atoms with Crippen LogP contribution in [0.5, 0.6) is 0 Å². The average molecular weight is 200 g/mol. The first-order valence-corrected chi connectivity index (χ1v) is 5.93. The first-order chi connectivity index (χ1) is 6.01. The van der Waals surface area contributed by atoms with Gasteiger partial charge in [-0.25, -0.2) is 0 Å². The van der Waals surface area contributed by atoms with Crippen LogP contribution in [0.4, 0.5) is 0 Å². The third-order valence-electron chi connectivity index (χ3n) is 1.94. The van der Waals surface area contributed by atoms with E-state index in [0.717, 1.165) is 11.7 Å². The van der Waals surface area contributed by atoms with Gasteiger partial charge in [0.15, 0.2) is 5.17 Å². The molecule has 0 aromatic carbocycles. The first-order valence-electron chi connectivity index (χ1n) is 4.95. The predicted octanol–water partition coefficient (Wildman–Crippen LogP) is 2.50. The average Bonchev–Trinajstić information content (AvgIpc) is 2.47. The van der Waals surface area contributed by atoms with Gasteiger partial charge in [-0.1, -0.05) is 39.5 Å². The van der Waals surface area contributed by atoms with Crippen molar-refractivity contribution in [2.75, 3.05) is 12.3 Å². The summed E-state index contributed by atoms with van der Waals surface area (Å²) >= 11 is 1.85. The Morgan fingerprint density at radius 3 is 2.69 bits per heavy atom. The molecule has 0 aliphatic carbocycles. The summed E-state index contributed by atoms with van der Waals surface area (Å²) in [4.78, 5) is 4.56. The van der Waals surface area contributed by atoms with Crippen molar-refractivity contribution in [2.24, 2.45) is 10.4 Å². The number of thioether (sulfide) groups is 1. The summed E-state index contributed by atoms with van der Waals surface area (Å²) in [6.45, 7) is 9.78. The molecule has 1 rings (SSSR count). The molecule has 0 spiro atoms. The molecule has 1 heterocycles. The molecule has 1 N–H and O–H groups in total. The van der Waals surface area contributed by atoms with Crippen LogP contribution in [0.3, 0.4) is 0 Å². The molecule has 0 aromatic rings. The maximum atomic E-state index is 4.56.